The highest BCUT2D eigenvalue weighted by Crippen LogP contribution is 2.35. The molecule has 0 bridgehead atoms. The lowest BCUT2D eigenvalue weighted by atomic mass is 9.95. The Balaban J connectivity index is 0.00000160. The summed E-state index contributed by atoms with van der Waals surface area (Å²) in [5, 5.41) is 15.8. The van der Waals surface area contributed by atoms with E-state index in [2.05, 4.69) is 25.7 Å². The molecule has 2 fully saturated rings. The zero-order chi connectivity index (χ0) is 34.1. The zero-order valence-corrected chi connectivity index (χ0v) is 26.9. The molecule has 2 saturated heterocycles. The normalized spacial score (nSPS) is 16.2. The molecule has 2 aromatic carbocycles. The van der Waals surface area contributed by atoms with E-state index < -0.39 is 18.6 Å². The summed E-state index contributed by atoms with van der Waals surface area (Å²) in [7, 11) is 1.56. The number of piperidine rings is 1. The molecule has 0 radical (unpaired) electrons. The van der Waals surface area contributed by atoms with Gasteiger partial charge in [0.05, 0.1) is 27.5 Å². The van der Waals surface area contributed by atoms with Gasteiger partial charge in [-0.05, 0) is 68.6 Å². The van der Waals surface area contributed by atoms with E-state index >= 15 is 0 Å². The molecule has 3 heterocycles. The van der Waals surface area contributed by atoms with E-state index in [1.54, 1.807) is 24.1 Å². The number of hydrogen-bond acceptors (Lipinski definition) is 7. The number of nitrogens with one attached hydrogen (secondary N) is 3. The van der Waals surface area contributed by atoms with E-state index in [0.717, 1.165) is 19.5 Å². The maximum absolute atomic E-state index is 14.5. The molecule has 4 N–H and O–H groups in total. The van der Waals surface area contributed by atoms with Crippen LogP contribution in [0.3, 0.4) is 0 Å². The molecule has 12 nitrogen and oxygen atoms in total. The smallest absolute Gasteiger partial charge is 0.291 e. The van der Waals surface area contributed by atoms with Crippen molar-refractivity contribution in [3.63, 3.8) is 0 Å². The van der Waals surface area contributed by atoms with Gasteiger partial charge in [0.15, 0.2) is 17.4 Å². The average molecular weight is 696 g/mol. The van der Waals surface area contributed by atoms with Gasteiger partial charge in [-0.2, -0.15) is 0 Å². The Bertz CT molecular complexity index is 1610. The van der Waals surface area contributed by atoms with Crippen LogP contribution < -0.4 is 20.7 Å². The van der Waals surface area contributed by atoms with Crippen LogP contribution in [0.25, 0.3) is 11.3 Å². The van der Waals surface area contributed by atoms with Crippen LogP contribution in [-0.4, -0.2) is 83.3 Å². The first kappa shape index (κ1) is 35.6. The fourth-order valence-corrected chi connectivity index (χ4v) is 6.03. The summed E-state index contributed by atoms with van der Waals surface area (Å²) in [6.07, 6.45) is 3.57. The van der Waals surface area contributed by atoms with Gasteiger partial charge in [0, 0.05) is 43.9 Å². The number of hydrogen-bond donors (Lipinski definition) is 4. The van der Waals surface area contributed by atoms with Crippen molar-refractivity contribution in [2.45, 2.75) is 19.3 Å². The van der Waals surface area contributed by atoms with Gasteiger partial charge in [-0.15, -0.1) is 0 Å². The van der Waals surface area contributed by atoms with E-state index in [1.807, 2.05) is 0 Å². The second-order valence-electron chi connectivity index (χ2n) is 10.9. The van der Waals surface area contributed by atoms with Gasteiger partial charge >= 0.3 is 0 Å². The Hall–Kier alpha value is -4.27. The Morgan fingerprint density at radius 3 is 2.53 bits per heavy atom. The fraction of sp³-hybridized carbons (Fsp3) is 0.387. The first-order valence-corrected chi connectivity index (χ1v) is 15.5. The van der Waals surface area contributed by atoms with Crippen LogP contribution in [0.2, 0.25) is 10.0 Å². The summed E-state index contributed by atoms with van der Waals surface area (Å²) in [6, 6.07) is 7.27. The number of anilines is 1. The number of alkyl halides is 1. The molecule has 47 heavy (non-hydrogen) atoms. The molecule has 3 aromatic rings. The number of carbonyl (C=O) groups excluding carboxylic acids is 3. The van der Waals surface area contributed by atoms with Gasteiger partial charge < -0.3 is 35.3 Å². The Morgan fingerprint density at radius 2 is 1.89 bits per heavy atom. The van der Waals surface area contributed by atoms with Gasteiger partial charge in [-0.3, -0.25) is 19.2 Å². The largest absolute Gasteiger partial charge is 0.483 e. The highest BCUT2D eigenvalue weighted by molar-refractivity contribution is 6.34. The van der Waals surface area contributed by atoms with E-state index in [1.165, 1.54) is 29.0 Å². The Labute approximate surface area is 279 Å². The lowest BCUT2D eigenvalue weighted by Crippen LogP contribution is -2.44. The van der Waals surface area contributed by atoms with Crippen molar-refractivity contribution in [2.24, 2.45) is 18.9 Å². The SMILES string of the molecule is Cn1c(-c2ccc(OCF)c(F)c2Cl)cnc1C(=O)Nc1ccc(C(=O)N2CCC(C(=O)NC[C@@H]3CCNC3)CC2)c(Cl)c1.O=CO. The van der Waals surface area contributed by atoms with Crippen molar-refractivity contribution in [3.05, 3.63) is 63.8 Å². The van der Waals surface area contributed by atoms with Crippen LogP contribution in [0.1, 0.15) is 40.2 Å². The van der Waals surface area contributed by atoms with E-state index in [9.17, 15) is 23.2 Å². The number of halogens is 4. The standard InChI is InChI=1S/C30H32Cl2F2N6O4.CH2O2/c1-39-23(21-4-5-24(44-16-33)26(34)25(21)32)15-36-27(39)29(42)38-19-2-3-20(22(31)12-19)30(43)40-10-7-18(8-11-40)28(41)37-14-17-6-9-35-13-17;2-1-3/h2-5,12,15,17-18,35H,6-11,13-14,16H2,1H3,(H,37,41)(H,38,42);1H,(H,2,3)/t17-;/m1./s1. The predicted octanol–water partition coefficient (Wildman–Crippen LogP) is 4.37. The van der Waals surface area contributed by atoms with Crippen LogP contribution in [-0.2, 0) is 16.6 Å². The first-order valence-electron chi connectivity index (χ1n) is 14.7. The van der Waals surface area contributed by atoms with E-state index in [0.29, 0.717) is 49.8 Å². The predicted molar refractivity (Wildman–Crippen MR) is 171 cm³/mol. The first-order chi connectivity index (χ1) is 22.6. The number of amides is 3. The van der Waals surface area contributed by atoms with Crippen molar-refractivity contribution in [1.29, 1.82) is 0 Å². The summed E-state index contributed by atoms with van der Waals surface area (Å²) < 4.78 is 33.0. The van der Waals surface area contributed by atoms with Crippen molar-refractivity contribution < 1.29 is 37.8 Å². The van der Waals surface area contributed by atoms with Crippen LogP contribution in [0.4, 0.5) is 14.5 Å². The van der Waals surface area contributed by atoms with Gasteiger partial charge in [0.25, 0.3) is 18.3 Å². The highest BCUT2D eigenvalue weighted by Gasteiger charge is 2.29. The minimum absolute atomic E-state index is 0.00338. The second kappa shape index (κ2) is 16.5. The monoisotopic (exact) mass is 694 g/mol. The maximum Gasteiger partial charge on any atom is 0.291 e. The summed E-state index contributed by atoms with van der Waals surface area (Å²) in [6.45, 7) is 2.01. The number of likely N-dealkylation sites (tertiary alicyclic amines) is 1. The molecule has 1 atom stereocenters. The highest BCUT2D eigenvalue weighted by atomic mass is 35.5. The molecule has 5 rings (SSSR count). The Morgan fingerprint density at radius 1 is 1.17 bits per heavy atom. The third-order valence-electron chi connectivity index (χ3n) is 8.06. The van der Waals surface area contributed by atoms with E-state index in [4.69, 9.17) is 33.1 Å². The number of aromatic nitrogens is 2. The van der Waals surface area contributed by atoms with Gasteiger partial charge in [-0.1, -0.05) is 23.2 Å². The number of nitrogens with zero attached hydrogens (tertiary/aromatic N) is 3. The topological polar surface area (TPSA) is 155 Å². The molecule has 16 heteroatoms. The van der Waals surface area contributed by atoms with Gasteiger partial charge in [0.2, 0.25) is 12.8 Å². The fourth-order valence-electron chi connectivity index (χ4n) is 5.52. The van der Waals surface area contributed by atoms with Crippen LogP contribution >= 0.6 is 23.2 Å². The summed E-state index contributed by atoms with van der Waals surface area (Å²) >= 11 is 12.6. The molecule has 0 aliphatic carbocycles. The van der Waals surface area contributed by atoms with Crippen molar-refractivity contribution in [3.8, 4) is 17.0 Å². The number of ether oxygens (including phenoxy) is 1. The third-order valence-corrected chi connectivity index (χ3v) is 8.74. The molecule has 3 amide bonds. The zero-order valence-electron chi connectivity index (χ0n) is 25.4. The summed E-state index contributed by atoms with van der Waals surface area (Å²) in [5.74, 6) is -1.70. The van der Waals surface area contributed by atoms with Gasteiger partial charge in [0.1, 0.15) is 0 Å². The van der Waals surface area contributed by atoms with Crippen molar-refractivity contribution in [2.75, 3.05) is 44.9 Å². The second-order valence-corrected chi connectivity index (χ2v) is 11.7. The van der Waals surface area contributed by atoms with E-state index in [-0.39, 0.29) is 57.0 Å². The quantitative estimate of drug-likeness (QED) is 0.241. The minimum Gasteiger partial charge on any atom is -0.483 e. The summed E-state index contributed by atoms with van der Waals surface area (Å²) in [4.78, 5) is 53.1. The number of carboxylic acid groups (broad SMARTS) is 1. The molecular formula is C31H34Cl2F2N6O6. The molecule has 0 unspecified atom stereocenters. The van der Waals surface area contributed by atoms with Crippen molar-refractivity contribution in [1.82, 2.24) is 25.1 Å². The minimum atomic E-state index is -1.21. The average Bonchev–Trinajstić information content (AvgIpc) is 3.72. The number of rotatable bonds is 9. The molecule has 252 valence electrons. The lowest BCUT2D eigenvalue weighted by molar-refractivity contribution is -0.126. The van der Waals surface area contributed by atoms with Crippen LogP contribution in [0.5, 0.6) is 5.75 Å². The number of imidazole rings is 1. The molecule has 2 aliphatic rings. The molecule has 0 saturated carbocycles. The molecule has 2 aliphatic heterocycles. The Kier molecular flexibility index (Phi) is 12.5. The molecule has 1 aromatic heterocycles. The summed E-state index contributed by atoms with van der Waals surface area (Å²) in [5.41, 5.74) is 1.21. The van der Waals surface area contributed by atoms with Crippen LogP contribution in [0.15, 0.2) is 36.5 Å². The van der Waals surface area contributed by atoms with Crippen LogP contribution in [0, 0.1) is 17.7 Å². The third kappa shape index (κ3) is 8.56. The number of carbonyl (C=O) groups is 4. The maximum atomic E-state index is 14.5. The lowest BCUT2D eigenvalue weighted by Gasteiger charge is -2.31. The number of benzene rings is 2. The van der Waals surface area contributed by atoms with Crippen molar-refractivity contribution >= 4 is 53.1 Å². The molecular weight excluding hydrogens is 661 g/mol. The molecule has 0 spiro atoms. The van der Waals surface area contributed by atoms with Gasteiger partial charge in [-0.25, -0.2) is 13.8 Å².